The molecule has 0 amide bonds. The number of hydrogen-bond donors (Lipinski definition) is 1. The van der Waals surface area contributed by atoms with Crippen molar-refractivity contribution in [3.8, 4) is 0 Å². The molecular weight excluding hydrogens is 313 g/mol. The van der Waals surface area contributed by atoms with Crippen LogP contribution in [0.5, 0.6) is 0 Å². The van der Waals surface area contributed by atoms with Crippen LogP contribution in [0.1, 0.15) is 24.8 Å². The Morgan fingerprint density at radius 1 is 1.50 bits per heavy atom. The minimum Gasteiger partial charge on any atom is -0.316 e. The maximum atomic E-state index is 13.8. The lowest BCUT2D eigenvalue weighted by Gasteiger charge is -2.29. The first-order chi connectivity index (χ1) is 8.70. The lowest BCUT2D eigenvalue weighted by atomic mass is 9.99. The normalized spacial score (nSPS) is 21.8. The molecule has 2 unspecified atom stereocenters. The Kier molecular flexibility index (Phi) is 5.52. The van der Waals surface area contributed by atoms with Crippen molar-refractivity contribution in [1.29, 1.82) is 0 Å². The second-order valence-corrected chi connectivity index (χ2v) is 7.00. The highest BCUT2D eigenvalue weighted by Crippen LogP contribution is 2.29. The lowest BCUT2D eigenvalue weighted by Crippen LogP contribution is -2.39. The summed E-state index contributed by atoms with van der Waals surface area (Å²) < 4.78 is 14.7. The molecule has 0 aliphatic carbocycles. The highest BCUT2D eigenvalue weighted by Gasteiger charge is 2.24. The van der Waals surface area contributed by atoms with E-state index in [2.05, 4.69) is 21.2 Å². The third-order valence-corrected chi connectivity index (χ3v) is 5.49. The van der Waals surface area contributed by atoms with Crippen LogP contribution in [0.25, 0.3) is 0 Å². The van der Waals surface area contributed by atoms with Crippen LogP contribution in [-0.4, -0.2) is 24.1 Å². The number of benzene rings is 1. The zero-order valence-corrected chi connectivity index (χ0v) is 13.0. The van der Waals surface area contributed by atoms with Gasteiger partial charge in [-0.25, -0.2) is 4.39 Å². The standard InChI is InChI=1S/C14H19BrFNS/c1-17-13(14-4-2-3-7-18-14)9-10-8-11(15)5-6-12(10)16/h5-6,8,13-14,17H,2-4,7,9H2,1H3. The zero-order valence-electron chi connectivity index (χ0n) is 10.6. The summed E-state index contributed by atoms with van der Waals surface area (Å²) in [5, 5.41) is 3.98. The molecule has 4 heteroatoms. The fraction of sp³-hybridized carbons (Fsp3) is 0.571. The van der Waals surface area contributed by atoms with E-state index in [0.717, 1.165) is 16.5 Å². The average Bonchev–Trinajstić information content (AvgIpc) is 2.41. The van der Waals surface area contributed by atoms with Crippen molar-refractivity contribution in [2.75, 3.05) is 12.8 Å². The van der Waals surface area contributed by atoms with Crippen LogP contribution < -0.4 is 5.32 Å². The number of likely N-dealkylation sites (N-methyl/N-ethyl adjacent to an activating group) is 1. The fourth-order valence-corrected chi connectivity index (χ4v) is 4.32. The summed E-state index contributed by atoms with van der Waals surface area (Å²) in [6.07, 6.45) is 4.63. The van der Waals surface area contributed by atoms with E-state index in [1.54, 1.807) is 12.1 Å². The zero-order chi connectivity index (χ0) is 13.0. The van der Waals surface area contributed by atoms with E-state index in [9.17, 15) is 4.39 Å². The molecule has 18 heavy (non-hydrogen) atoms. The van der Waals surface area contributed by atoms with E-state index in [0.29, 0.717) is 11.3 Å². The van der Waals surface area contributed by atoms with Crippen molar-refractivity contribution < 1.29 is 4.39 Å². The first-order valence-corrected chi connectivity index (χ1v) is 8.27. The van der Waals surface area contributed by atoms with E-state index < -0.39 is 0 Å². The molecule has 1 saturated heterocycles. The molecule has 1 aliphatic rings. The van der Waals surface area contributed by atoms with Crippen molar-refractivity contribution in [3.63, 3.8) is 0 Å². The van der Waals surface area contributed by atoms with E-state index >= 15 is 0 Å². The largest absolute Gasteiger partial charge is 0.316 e. The van der Waals surface area contributed by atoms with Crippen LogP contribution in [0.15, 0.2) is 22.7 Å². The molecule has 1 nitrogen and oxygen atoms in total. The Bertz CT molecular complexity index is 393. The molecule has 1 aliphatic heterocycles. The van der Waals surface area contributed by atoms with E-state index in [1.807, 2.05) is 24.9 Å². The monoisotopic (exact) mass is 331 g/mol. The van der Waals surface area contributed by atoms with Gasteiger partial charge in [0.05, 0.1) is 0 Å². The third-order valence-electron chi connectivity index (χ3n) is 3.48. The Balaban J connectivity index is 2.06. The number of nitrogens with one attached hydrogen (secondary N) is 1. The highest BCUT2D eigenvalue weighted by molar-refractivity contribution is 9.10. The Labute approximate surface area is 121 Å². The topological polar surface area (TPSA) is 12.0 Å². The molecule has 0 spiro atoms. The van der Waals surface area contributed by atoms with Gasteiger partial charge in [-0.05, 0) is 55.8 Å². The lowest BCUT2D eigenvalue weighted by molar-refractivity contribution is 0.484. The van der Waals surface area contributed by atoms with Gasteiger partial charge in [-0.3, -0.25) is 0 Å². The molecule has 0 radical (unpaired) electrons. The molecular formula is C14H19BrFNS. The summed E-state index contributed by atoms with van der Waals surface area (Å²) in [5.41, 5.74) is 0.801. The van der Waals surface area contributed by atoms with Gasteiger partial charge in [0.25, 0.3) is 0 Å². The quantitative estimate of drug-likeness (QED) is 0.894. The van der Waals surface area contributed by atoms with Gasteiger partial charge in [0, 0.05) is 15.8 Å². The van der Waals surface area contributed by atoms with Crippen LogP contribution in [0.2, 0.25) is 0 Å². The van der Waals surface area contributed by atoms with E-state index in [1.165, 1.54) is 25.0 Å². The Morgan fingerprint density at radius 3 is 3.00 bits per heavy atom. The number of thioether (sulfide) groups is 1. The summed E-state index contributed by atoms with van der Waals surface area (Å²) in [7, 11) is 1.98. The molecule has 0 saturated carbocycles. The molecule has 1 aromatic rings. The van der Waals surface area contributed by atoms with Gasteiger partial charge >= 0.3 is 0 Å². The first-order valence-electron chi connectivity index (χ1n) is 6.43. The minimum absolute atomic E-state index is 0.0979. The molecule has 1 N–H and O–H groups in total. The fourth-order valence-electron chi connectivity index (χ4n) is 2.44. The molecule has 2 rings (SSSR count). The number of hydrogen-bond acceptors (Lipinski definition) is 2. The van der Waals surface area contributed by atoms with Gasteiger partial charge < -0.3 is 5.32 Å². The van der Waals surface area contributed by atoms with Crippen LogP contribution in [0.3, 0.4) is 0 Å². The van der Waals surface area contributed by atoms with E-state index in [4.69, 9.17) is 0 Å². The summed E-state index contributed by atoms with van der Waals surface area (Å²) in [6, 6.07) is 5.55. The molecule has 100 valence electrons. The SMILES string of the molecule is CNC(Cc1cc(Br)ccc1F)C1CCCCS1. The predicted molar refractivity (Wildman–Crippen MR) is 80.7 cm³/mol. The predicted octanol–water partition coefficient (Wildman–Crippen LogP) is 4.00. The van der Waals surface area contributed by atoms with Gasteiger partial charge in [-0.2, -0.15) is 11.8 Å². The first kappa shape index (κ1) is 14.4. The molecule has 0 bridgehead atoms. The molecule has 1 aromatic carbocycles. The maximum absolute atomic E-state index is 13.8. The second kappa shape index (κ2) is 6.92. The van der Waals surface area contributed by atoms with Crippen molar-refractivity contribution in [3.05, 3.63) is 34.1 Å². The Hall–Kier alpha value is -0.0600. The second-order valence-electron chi connectivity index (χ2n) is 4.74. The highest BCUT2D eigenvalue weighted by atomic mass is 79.9. The molecule has 1 heterocycles. The van der Waals surface area contributed by atoms with Crippen LogP contribution in [0.4, 0.5) is 4.39 Å². The number of halogens is 2. The van der Waals surface area contributed by atoms with Gasteiger partial charge in [-0.1, -0.05) is 22.4 Å². The van der Waals surface area contributed by atoms with Crippen molar-refractivity contribution in [2.24, 2.45) is 0 Å². The van der Waals surface area contributed by atoms with Gasteiger partial charge in [-0.15, -0.1) is 0 Å². The smallest absolute Gasteiger partial charge is 0.126 e. The van der Waals surface area contributed by atoms with Crippen molar-refractivity contribution in [1.82, 2.24) is 5.32 Å². The van der Waals surface area contributed by atoms with Crippen LogP contribution in [-0.2, 0) is 6.42 Å². The van der Waals surface area contributed by atoms with Gasteiger partial charge in [0.15, 0.2) is 0 Å². The summed E-state index contributed by atoms with van der Waals surface area (Å²) in [4.78, 5) is 0. The van der Waals surface area contributed by atoms with Crippen molar-refractivity contribution >= 4 is 27.7 Å². The molecule has 1 fully saturated rings. The summed E-state index contributed by atoms with van der Waals surface area (Å²) in [5.74, 6) is 1.14. The molecule has 0 aromatic heterocycles. The van der Waals surface area contributed by atoms with Gasteiger partial charge in [0.2, 0.25) is 0 Å². The third kappa shape index (κ3) is 3.72. The minimum atomic E-state index is -0.0979. The van der Waals surface area contributed by atoms with Crippen LogP contribution >= 0.6 is 27.7 Å². The molecule has 2 atom stereocenters. The van der Waals surface area contributed by atoms with Crippen LogP contribution in [0, 0.1) is 5.82 Å². The van der Waals surface area contributed by atoms with Gasteiger partial charge in [0.1, 0.15) is 5.82 Å². The average molecular weight is 332 g/mol. The summed E-state index contributed by atoms with van der Waals surface area (Å²) >= 11 is 5.44. The van der Waals surface area contributed by atoms with Crippen molar-refractivity contribution in [2.45, 2.75) is 37.0 Å². The number of rotatable bonds is 4. The Morgan fingerprint density at radius 2 is 2.33 bits per heavy atom. The summed E-state index contributed by atoms with van der Waals surface area (Å²) in [6.45, 7) is 0. The maximum Gasteiger partial charge on any atom is 0.126 e. The van der Waals surface area contributed by atoms with E-state index in [-0.39, 0.29) is 5.82 Å².